The summed E-state index contributed by atoms with van der Waals surface area (Å²) in [6.07, 6.45) is 4.17. The van der Waals surface area contributed by atoms with E-state index in [-0.39, 0.29) is 11.7 Å². The number of hydrogen-bond donors (Lipinski definition) is 0. The maximum Gasteiger partial charge on any atom is 0.158 e. The Balaban J connectivity index is 2.24. The van der Waals surface area contributed by atoms with Crippen LogP contribution in [0, 0.1) is 5.92 Å². The Morgan fingerprint density at radius 3 is 2.56 bits per heavy atom. The first-order valence-corrected chi connectivity index (χ1v) is 6.30. The summed E-state index contributed by atoms with van der Waals surface area (Å²) in [4.78, 5) is 13.8. The lowest BCUT2D eigenvalue weighted by Gasteiger charge is -2.29. The topological polar surface area (TPSA) is 20.3 Å². The van der Waals surface area contributed by atoms with E-state index in [1.54, 1.807) is 6.92 Å². The molecular formula is C16H19NO. The molecule has 0 radical (unpaired) electrons. The van der Waals surface area contributed by atoms with Crippen molar-refractivity contribution in [2.24, 2.45) is 5.92 Å². The molecule has 0 saturated heterocycles. The van der Waals surface area contributed by atoms with E-state index in [9.17, 15) is 4.79 Å². The summed E-state index contributed by atoms with van der Waals surface area (Å²) in [5.74, 6) is 0.386. The second kappa shape index (κ2) is 5.21. The molecule has 0 amide bonds. The van der Waals surface area contributed by atoms with E-state index in [0.29, 0.717) is 0 Å². The smallest absolute Gasteiger partial charge is 0.158 e. The molecule has 1 aromatic rings. The van der Waals surface area contributed by atoms with Crippen LogP contribution in [0.3, 0.4) is 0 Å². The predicted octanol–water partition coefficient (Wildman–Crippen LogP) is 3.52. The molecular weight excluding hydrogens is 222 g/mol. The van der Waals surface area contributed by atoms with Gasteiger partial charge in [0.25, 0.3) is 0 Å². The van der Waals surface area contributed by atoms with Crippen LogP contribution in [0.5, 0.6) is 0 Å². The van der Waals surface area contributed by atoms with E-state index in [2.05, 4.69) is 36.2 Å². The lowest BCUT2D eigenvalue weighted by molar-refractivity contribution is -0.114. The molecule has 1 atom stereocenters. The summed E-state index contributed by atoms with van der Waals surface area (Å²) in [5, 5.41) is 0. The fraction of sp³-hybridized carbons (Fsp3) is 0.312. The highest BCUT2D eigenvalue weighted by molar-refractivity contribution is 5.94. The van der Waals surface area contributed by atoms with Crippen LogP contribution >= 0.6 is 0 Å². The number of ketones is 1. The highest BCUT2D eigenvalue weighted by Gasteiger charge is 2.21. The van der Waals surface area contributed by atoms with E-state index in [4.69, 9.17) is 0 Å². The van der Waals surface area contributed by atoms with Crippen molar-refractivity contribution in [3.05, 3.63) is 59.4 Å². The SMILES string of the molecule is CC(=O)C1=C(C)N(Cc2ccccc2)C=CC1C. The molecule has 1 heterocycles. The molecule has 2 heteroatoms. The zero-order chi connectivity index (χ0) is 13.1. The number of rotatable bonds is 3. The minimum Gasteiger partial charge on any atom is -0.347 e. The number of nitrogens with zero attached hydrogens (tertiary/aromatic N) is 1. The lowest BCUT2D eigenvalue weighted by atomic mass is 9.93. The zero-order valence-electron chi connectivity index (χ0n) is 11.2. The van der Waals surface area contributed by atoms with E-state index in [1.807, 2.05) is 25.1 Å². The van der Waals surface area contributed by atoms with E-state index in [1.165, 1.54) is 5.56 Å². The molecule has 1 aromatic carbocycles. The van der Waals surface area contributed by atoms with Gasteiger partial charge in [-0.3, -0.25) is 4.79 Å². The van der Waals surface area contributed by atoms with Crippen molar-refractivity contribution in [3.63, 3.8) is 0 Å². The normalized spacial score (nSPS) is 19.3. The number of benzene rings is 1. The lowest BCUT2D eigenvalue weighted by Crippen LogP contribution is -2.24. The molecule has 2 rings (SSSR count). The molecule has 2 nitrogen and oxygen atoms in total. The minimum absolute atomic E-state index is 0.169. The van der Waals surface area contributed by atoms with Crippen LogP contribution in [0.15, 0.2) is 53.9 Å². The highest BCUT2D eigenvalue weighted by atomic mass is 16.1. The van der Waals surface area contributed by atoms with Crippen molar-refractivity contribution in [3.8, 4) is 0 Å². The van der Waals surface area contributed by atoms with E-state index < -0.39 is 0 Å². The number of hydrogen-bond acceptors (Lipinski definition) is 2. The van der Waals surface area contributed by atoms with Crippen LogP contribution in [0.4, 0.5) is 0 Å². The second-order valence-corrected chi connectivity index (χ2v) is 4.80. The second-order valence-electron chi connectivity index (χ2n) is 4.80. The molecule has 0 bridgehead atoms. The third kappa shape index (κ3) is 2.53. The van der Waals surface area contributed by atoms with Crippen molar-refractivity contribution in [2.45, 2.75) is 27.3 Å². The molecule has 0 N–H and O–H groups in total. The largest absolute Gasteiger partial charge is 0.347 e. The first-order chi connectivity index (χ1) is 8.59. The average Bonchev–Trinajstić information content (AvgIpc) is 2.34. The van der Waals surface area contributed by atoms with Crippen molar-refractivity contribution >= 4 is 5.78 Å². The van der Waals surface area contributed by atoms with Crippen molar-refractivity contribution in [1.29, 1.82) is 0 Å². The Hall–Kier alpha value is -1.83. The minimum atomic E-state index is 0.169. The molecule has 0 aliphatic carbocycles. The van der Waals surface area contributed by atoms with Crippen molar-refractivity contribution < 1.29 is 4.79 Å². The predicted molar refractivity (Wildman–Crippen MR) is 73.7 cm³/mol. The third-order valence-corrected chi connectivity index (χ3v) is 3.41. The number of allylic oxidation sites excluding steroid dienone is 3. The van der Waals surface area contributed by atoms with Gasteiger partial charge >= 0.3 is 0 Å². The Morgan fingerprint density at radius 2 is 1.94 bits per heavy atom. The molecule has 18 heavy (non-hydrogen) atoms. The zero-order valence-corrected chi connectivity index (χ0v) is 11.2. The van der Waals surface area contributed by atoms with Gasteiger partial charge in [-0.05, 0) is 19.4 Å². The Labute approximate surface area is 109 Å². The fourth-order valence-corrected chi connectivity index (χ4v) is 2.45. The molecule has 0 saturated carbocycles. The molecule has 0 aromatic heterocycles. The van der Waals surface area contributed by atoms with E-state index >= 15 is 0 Å². The van der Waals surface area contributed by atoms with E-state index in [0.717, 1.165) is 17.8 Å². The average molecular weight is 241 g/mol. The third-order valence-electron chi connectivity index (χ3n) is 3.41. The summed E-state index contributed by atoms with van der Waals surface area (Å²) < 4.78 is 0. The van der Waals surface area contributed by atoms with Crippen LogP contribution in [-0.2, 0) is 11.3 Å². The van der Waals surface area contributed by atoms with Gasteiger partial charge in [0.05, 0.1) is 0 Å². The molecule has 1 aliphatic rings. The molecule has 1 unspecified atom stereocenters. The van der Waals surface area contributed by atoms with Crippen molar-refractivity contribution in [1.82, 2.24) is 4.90 Å². The Kier molecular flexibility index (Phi) is 3.66. The summed E-state index contributed by atoms with van der Waals surface area (Å²) >= 11 is 0. The first-order valence-electron chi connectivity index (χ1n) is 6.30. The number of Topliss-reactive ketones (excluding diaryl/α,β-unsaturated/α-hetero) is 1. The van der Waals surface area contributed by atoms with Crippen LogP contribution < -0.4 is 0 Å². The summed E-state index contributed by atoms with van der Waals surface area (Å²) in [6.45, 7) is 6.55. The van der Waals surface area contributed by atoms with Gasteiger partial charge in [0, 0.05) is 29.9 Å². The summed E-state index contributed by atoms with van der Waals surface area (Å²) in [6, 6.07) is 10.3. The molecule has 94 valence electrons. The van der Waals surface area contributed by atoms with Crippen molar-refractivity contribution in [2.75, 3.05) is 0 Å². The van der Waals surface area contributed by atoms with Gasteiger partial charge in [-0.15, -0.1) is 0 Å². The Morgan fingerprint density at radius 1 is 1.28 bits per heavy atom. The summed E-state index contributed by atoms with van der Waals surface area (Å²) in [7, 11) is 0. The van der Waals surface area contributed by atoms with Gasteiger partial charge in [-0.1, -0.05) is 43.3 Å². The maximum atomic E-state index is 11.7. The fourth-order valence-electron chi connectivity index (χ4n) is 2.45. The number of carbonyl (C=O) groups excluding carboxylic acids is 1. The maximum absolute atomic E-state index is 11.7. The van der Waals surface area contributed by atoms with Crippen LogP contribution in [0.25, 0.3) is 0 Å². The van der Waals surface area contributed by atoms with Gasteiger partial charge in [-0.25, -0.2) is 0 Å². The van der Waals surface area contributed by atoms with Gasteiger partial charge in [-0.2, -0.15) is 0 Å². The van der Waals surface area contributed by atoms with Gasteiger partial charge < -0.3 is 4.90 Å². The van der Waals surface area contributed by atoms with Gasteiger partial charge in [0.15, 0.2) is 5.78 Å². The van der Waals surface area contributed by atoms with Crippen LogP contribution in [0.1, 0.15) is 26.3 Å². The molecule has 0 spiro atoms. The number of carbonyl (C=O) groups is 1. The quantitative estimate of drug-likeness (QED) is 0.807. The standard InChI is InChI=1S/C16H19NO/c1-12-9-10-17(13(2)16(12)14(3)18)11-15-7-5-4-6-8-15/h4-10,12H,11H2,1-3H3. The highest BCUT2D eigenvalue weighted by Crippen LogP contribution is 2.26. The molecule has 0 fully saturated rings. The molecule has 1 aliphatic heterocycles. The summed E-state index contributed by atoms with van der Waals surface area (Å²) in [5.41, 5.74) is 3.24. The first kappa shape index (κ1) is 12.6. The monoisotopic (exact) mass is 241 g/mol. The van der Waals surface area contributed by atoms with Crippen LogP contribution in [-0.4, -0.2) is 10.7 Å². The van der Waals surface area contributed by atoms with Crippen LogP contribution in [0.2, 0.25) is 0 Å². The van der Waals surface area contributed by atoms with Gasteiger partial charge in [0.2, 0.25) is 0 Å². The van der Waals surface area contributed by atoms with Gasteiger partial charge in [0.1, 0.15) is 0 Å². The Bertz CT molecular complexity index is 499.